The molecule has 0 saturated heterocycles. The Labute approximate surface area is 105 Å². The second-order valence-corrected chi connectivity index (χ2v) is 4.47. The predicted octanol–water partition coefficient (Wildman–Crippen LogP) is 2.75. The highest BCUT2D eigenvalue weighted by atomic mass is 16.3. The van der Waals surface area contributed by atoms with Crippen LogP contribution in [-0.4, -0.2) is 16.7 Å². The molecular weight excluding hydrogens is 228 g/mol. The Morgan fingerprint density at radius 3 is 2.11 bits per heavy atom. The lowest BCUT2D eigenvalue weighted by atomic mass is 9.98. The quantitative estimate of drug-likeness (QED) is 0.867. The van der Waals surface area contributed by atoms with E-state index in [-0.39, 0.29) is 11.4 Å². The third kappa shape index (κ3) is 1.78. The maximum Gasteiger partial charge on any atom is 0.228 e. The van der Waals surface area contributed by atoms with Crippen LogP contribution in [0.1, 0.15) is 25.0 Å². The number of hydrogen-bond acceptors (Lipinski definition) is 3. The van der Waals surface area contributed by atoms with Gasteiger partial charge in [0.05, 0.1) is 5.57 Å². The Bertz CT molecular complexity index is 601. The Hall–Kier alpha value is -2.16. The number of benzene rings is 1. The van der Waals surface area contributed by atoms with Gasteiger partial charge in [0, 0.05) is 5.57 Å². The molecule has 0 unspecified atom stereocenters. The van der Waals surface area contributed by atoms with Gasteiger partial charge in [0.1, 0.15) is 0 Å². The van der Waals surface area contributed by atoms with Gasteiger partial charge in [-0.1, -0.05) is 29.8 Å². The fraction of sp³-hybridized carbons (Fsp3) is 0.200. The molecule has 0 heterocycles. The van der Waals surface area contributed by atoms with Crippen LogP contribution < -0.4 is 0 Å². The molecular formula is C15H14O3. The minimum Gasteiger partial charge on any atom is -0.504 e. The summed E-state index contributed by atoms with van der Waals surface area (Å²) in [6.07, 6.45) is 0. The van der Waals surface area contributed by atoms with Crippen molar-refractivity contribution in [2.24, 2.45) is 0 Å². The van der Waals surface area contributed by atoms with Crippen LogP contribution >= 0.6 is 0 Å². The number of allylic oxidation sites excluding steroid dienone is 3. The highest BCUT2D eigenvalue weighted by Gasteiger charge is 2.32. The fourth-order valence-corrected chi connectivity index (χ4v) is 2.20. The summed E-state index contributed by atoms with van der Waals surface area (Å²) < 4.78 is 0. The first-order chi connectivity index (χ1) is 8.43. The smallest absolute Gasteiger partial charge is 0.228 e. The molecule has 1 aliphatic carbocycles. The van der Waals surface area contributed by atoms with E-state index >= 15 is 0 Å². The topological polar surface area (TPSA) is 54.4 Å². The van der Waals surface area contributed by atoms with Crippen molar-refractivity contribution >= 4 is 17.1 Å². The normalized spacial score (nSPS) is 15.6. The monoisotopic (exact) mass is 242 g/mol. The molecule has 1 aromatic carbocycles. The van der Waals surface area contributed by atoms with E-state index in [1.165, 1.54) is 6.92 Å². The molecule has 0 spiro atoms. The molecule has 0 fully saturated rings. The molecule has 92 valence electrons. The standard InChI is InChI=1S/C15H14O3/c1-8-4-6-11(7-5-8)13-9(2)12(10(3)16)14(17)15(13)18/h4-7H,1-3H3,(H,17,18). The first-order valence-corrected chi connectivity index (χ1v) is 5.70. The van der Waals surface area contributed by atoms with Gasteiger partial charge < -0.3 is 5.11 Å². The van der Waals surface area contributed by atoms with Crippen LogP contribution in [0.25, 0.3) is 5.57 Å². The van der Waals surface area contributed by atoms with E-state index in [9.17, 15) is 14.7 Å². The fourth-order valence-electron chi connectivity index (χ4n) is 2.20. The SMILES string of the molecule is CC(=O)C1=C(O)C(=O)C(c2ccc(C)cc2)=C1C. The summed E-state index contributed by atoms with van der Waals surface area (Å²) in [5.41, 5.74) is 2.92. The Morgan fingerprint density at radius 1 is 1.11 bits per heavy atom. The van der Waals surface area contributed by atoms with Crippen molar-refractivity contribution in [1.82, 2.24) is 0 Å². The molecule has 1 aromatic rings. The van der Waals surface area contributed by atoms with Crippen molar-refractivity contribution in [3.8, 4) is 0 Å². The van der Waals surface area contributed by atoms with Crippen LogP contribution in [-0.2, 0) is 9.59 Å². The second kappa shape index (κ2) is 4.26. The highest BCUT2D eigenvalue weighted by molar-refractivity contribution is 6.35. The molecule has 1 N–H and O–H groups in total. The van der Waals surface area contributed by atoms with Gasteiger partial charge in [0.25, 0.3) is 0 Å². The zero-order valence-corrected chi connectivity index (χ0v) is 10.6. The van der Waals surface area contributed by atoms with Crippen molar-refractivity contribution < 1.29 is 14.7 Å². The summed E-state index contributed by atoms with van der Waals surface area (Å²) in [6, 6.07) is 7.43. The maximum atomic E-state index is 12.0. The summed E-state index contributed by atoms with van der Waals surface area (Å²) in [5.74, 6) is -1.20. The number of ketones is 2. The minimum absolute atomic E-state index is 0.135. The minimum atomic E-state index is -0.471. The van der Waals surface area contributed by atoms with E-state index in [4.69, 9.17) is 0 Å². The average Bonchev–Trinajstić information content (AvgIpc) is 2.52. The van der Waals surface area contributed by atoms with Gasteiger partial charge in [-0.05, 0) is 31.9 Å². The van der Waals surface area contributed by atoms with Crippen molar-refractivity contribution in [2.45, 2.75) is 20.8 Å². The molecule has 0 saturated carbocycles. The van der Waals surface area contributed by atoms with Crippen molar-refractivity contribution in [1.29, 1.82) is 0 Å². The van der Waals surface area contributed by atoms with Crippen LogP contribution in [0.3, 0.4) is 0 Å². The molecule has 1 aliphatic rings. The molecule has 0 amide bonds. The first kappa shape index (κ1) is 12.3. The molecule has 0 aliphatic heterocycles. The van der Waals surface area contributed by atoms with Crippen LogP contribution in [0, 0.1) is 6.92 Å². The molecule has 3 heteroatoms. The van der Waals surface area contributed by atoms with E-state index in [1.54, 1.807) is 6.92 Å². The van der Waals surface area contributed by atoms with Gasteiger partial charge in [-0.15, -0.1) is 0 Å². The van der Waals surface area contributed by atoms with Crippen LogP contribution in [0.4, 0.5) is 0 Å². The van der Waals surface area contributed by atoms with Crippen molar-refractivity contribution in [2.75, 3.05) is 0 Å². The van der Waals surface area contributed by atoms with Gasteiger partial charge >= 0.3 is 0 Å². The van der Waals surface area contributed by atoms with E-state index < -0.39 is 11.5 Å². The van der Waals surface area contributed by atoms with Gasteiger partial charge in [-0.25, -0.2) is 0 Å². The van der Waals surface area contributed by atoms with Crippen molar-refractivity contribution in [3.63, 3.8) is 0 Å². The molecule has 0 atom stereocenters. The highest BCUT2D eigenvalue weighted by Crippen LogP contribution is 2.34. The Balaban J connectivity index is 2.57. The predicted molar refractivity (Wildman–Crippen MR) is 69.1 cm³/mol. The molecule has 0 bridgehead atoms. The molecule has 0 radical (unpaired) electrons. The number of carbonyl (C=O) groups excluding carboxylic acids is 2. The number of aliphatic hydroxyl groups is 1. The Kier molecular flexibility index (Phi) is 2.91. The third-order valence-corrected chi connectivity index (χ3v) is 3.12. The number of aliphatic hydroxyl groups excluding tert-OH is 1. The largest absolute Gasteiger partial charge is 0.504 e. The van der Waals surface area contributed by atoms with Crippen LogP contribution in [0.5, 0.6) is 0 Å². The lowest BCUT2D eigenvalue weighted by molar-refractivity contribution is -0.115. The van der Waals surface area contributed by atoms with Gasteiger partial charge in [-0.3, -0.25) is 9.59 Å². The van der Waals surface area contributed by atoms with E-state index in [0.29, 0.717) is 11.1 Å². The van der Waals surface area contributed by atoms with Gasteiger partial charge in [0.2, 0.25) is 5.78 Å². The summed E-state index contributed by atoms with van der Waals surface area (Å²) in [7, 11) is 0. The third-order valence-electron chi connectivity index (χ3n) is 3.12. The molecule has 18 heavy (non-hydrogen) atoms. The number of hydrogen-bond donors (Lipinski definition) is 1. The number of rotatable bonds is 2. The number of Topliss-reactive ketones (excluding diaryl/α,β-unsaturated/α-hetero) is 2. The van der Waals surface area contributed by atoms with Crippen LogP contribution in [0.15, 0.2) is 41.2 Å². The Morgan fingerprint density at radius 2 is 1.67 bits per heavy atom. The van der Waals surface area contributed by atoms with Gasteiger partial charge in [-0.2, -0.15) is 0 Å². The zero-order valence-electron chi connectivity index (χ0n) is 10.6. The number of carbonyl (C=O) groups is 2. The second-order valence-electron chi connectivity index (χ2n) is 4.47. The zero-order chi connectivity index (χ0) is 13.4. The van der Waals surface area contributed by atoms with Crippen LogP contribution in [0.2, 0.25) is 0 Å². The van der Waals surface area contributed by atoms with Gasteiger partial charge in [0.15, 0.2) is 11.5 Å². The lowest BCUT2D eigenvalue weighted by Gasteiger charge is -2.04. The summed E-state index contributed by atoms with van der Waals surface area (Å²) >= 11 is 0. The lowest BCUT2D eigenvalue weighted by Crippen LogP contribution is -2.03. The van der Waals surface area contributed by atoms with E-state index in [0.717, 1.165) is 11.1 Å². The first-order valence-electron chi connectivity index (χ1n) is 5.70. The summed E-state index contributed by atoms with van der Waals surface area (Å²) in [6.45, 7) is 4.99. The number of aryl methyl sites for hydroxylation is 1. The summed E-state index contributed by atoms with van der Waals surface area (Å²) in [4.78, 5) is 23.4. The average molecular weight is 242 g/mol. The van der Waals surface area contributed by atoms with Crippen molar-refractivity contribution in [3.05, 3.63) is 52.3 Å². The van der Waals surface area contributed by atoms with E-state index in [2.05, 4.69) is 0 Å². The summed E-state index contributed by atoms with van der Waals surface area (Å²) in [5, 5.41) is 9.75. The molecule has 3 nitrogen and oxygen atoms in total. The molecule has 0 aromatic heterocycles. The van der Waals surface area contributed by atoms with E-state index in [1.807, 2.05) is 31.2 Å². The maximum absolute atomic E-state index is 12.0. The molecule has 2 rings (SSSR count).